The van der Waals surface area contributed by atoms with Gasteiger partial charge in [0.25, 0.3) is 0 Å². The van der Waals surface area contributed by atoms with Gasteiger partial charge in [-0.05, 0) is 37.1 Å². The van der Waals surface area contributed by atoms with Crippen molar-refractivity contribution in [1.82, 2.24) is 4.90 Å². The highest BCUT2D eigenvalue weighted by atomic mass is 16.5. The number of anilines is 2. The summed E-state index contributed by atoms with van der Waals surface area (Å²) in [6.45, 7) is 5.08. The number of urea groups is 1. The van der Waals surface area contributed by atoms with Crippen molar-refractivity contribution in [2.45, 2.75) is 19.4 Å². The number of carbonyl (C=O) groups excluding carboxylic acids is 1. The van der Waals surface area contributed by atoms with E-state index < -0.39 is 0 Å². The molecule has 0 bridgehead atoms. The van der Waals surface area contributed by atoms with Crippen LogP contribution in [0.25, 0.3) is 0 Å². The Balaban J connectivity index is 1.36. The molecule has 0 unspecified atom stereocenters. The summed E-state index contributed by atoms with van der Waals surface area (Å²) in [5.41, 5.74) is 3.47. The normalized spacial score (nSPS) is 16.4. The third-order valence-corrected chi connectivity index (χ3v) is 4.94. The second-order valence-electron chi connectivity index (χ2n) is 6.49. The van der Waals surface area contributed by atoms with Gasteiger partial charge in [-0.15, -0.1) is 0 Å². The van der Waals surface area contributed by atoms with Crippen LogP contribution in [-0.4, -0.2) is 43.2 Å². The lowest BCUT2D eigenvalue weighted by Gasteiger charge is -2.45. The maximum atomic E-state index is 12.5. The number of carbonyl (C=O) groups is 1. The van der Waals surface area contributed by atoms with E-state index in [1.54, 1.807) is 0 Å². The standard InChI is InChI=1S/C20H23N3O2/c1-2-25-19-10-6-4-8-17(19)21-20(24)22-13-16(14-22)23-12-11-15-7-3-5-9-18(15)23/h3-10,16H,2,11-14H2,1H3,(H,21,24). The van der Waals surface area contributed by atoms with Gasteiger partial charge in [0.15, 0.2) is 0 Å². The Morgan fingerprint density at radius 3 is 2.76 bits per heavy atom. The Morgan fingerprint density at radius 2 is 1.92 bits per heavy atom. The quantitative estimate of drug-likeness (QED) is 0.930. The zero-order valence-corrected chi connectivity index (χ0v) is 14.4. The summed E-state index contributed by atoms with van der Waals surface area (Å²) in [5, 5.41) is 2.97. The van der Waals surface area contributed by atoms with Crippen molar-refractivity contribution < 1.29 is 9.53 Å². The third kappa shape index (κ3) is 3.02. The summed E-state index contributed by atoms with van der Waals surface area (Å²) in [5.74, 6) is 0.712. The third-order valence-electron chi connectivity index (χ3n) is 4.94. The molecule has 4 rings (SSSR count). The van der Waals surface area contributed by atoms with Crippen LogP contribution in [0.3, 0.4) is 0 Å². The monoisotopic (exact) mass is 337 g/mol. The first-order chi connectivity index (χ1) is 12.3. The molecule has 5 heteroatoms. The van der Waals surface area contributed by atoms with E-state index in [1.807, 2.05) is 36.1 Å². The minimum absolute atomic E-state index is 0.0594. The molecule has 2 amide bonds. The largest absolute Gasteiger partial charge is 0.492 e. The van der Waals surface area contributed by atoms with E-state index in [1.165, 1.54) is 11.3 Å². The van der Waals surface area contributed by atoms with Crippen LogP contribution in [0.4, 0.5) is 16.2 Å². The van der Waals surface area contributed by atoms with E-state index in [2.05, 4.69) is 34.5 Å². The van der Waals surface area contributed by atoms with Crippen molar-refractivity contribution in [2.24, 2.45) is 0 Å². The average molecular weight is 337 g/mol. The van der Waals surface area contributed by atoms with Crippen LogP contribution in [0, 0.1) is 0 Å². The van der Waals surface area contributed by atoms with Gasteiger partial charge in [0.1, 0.15) is 5.75 Å². The first kappa shape index (κ1) is 15.8. The molecule has 5 nitrogen and oxygen atoms in total. The van der Waals surface area contributed by atoms with E-state index in [4.69, 9.17) is 4.74 Å². The smallest absolute Gasteiger partial charge is 0.322 e. The lowest BCUT2D eigenvalue weighted by molar-refractivity contribution is 0.161. The predicted molar refractivity (Wildman–Crippen MR) is 99.5 cm³/mol. The molecule has 0 aliphatic carbocycles. The fraction of sp³-hybridized carbons (Fsp3) is 0.350. The molecular weight excluding hydrogens is 314 g/mol. The fourth-order valence-electron chi connectivity index (χ4n) is 3.61. The van der Waals surface area contributed by atoms with Crippen LogP contribution in [-0.2, 0) is 6.42 Å². The Labute approximate surface area is 148 Å². The lowest BCUT2D eigenvalue weighted by atomic mass is 10.1. The SMILES string of the molecule is CCOc1ccccc1NC(=O)N1CC(N2CCc3ccccc32)C1. The van der Waals surface area contributed by atoms with Gasteiger partial charge < -0.3 is 19.9 Å². The number of hydrogen-bond acceptors (Lipinski definition) is 3. The minimum atomic E-state index is -0.0594. The summed E-state index contributed by atoms with van der Waals surface area (Å²) in [6.07, 6.45) is 1.10. The number of amides is 2. The number of rotatable bonds is 4. The van der Waals surface area contributed by atoms with Gasteiger partial charge >= 0.3 is 6.03 Å². The number of nitrogens with zero attached hydrogens (tertiary/aromatic N) is 2. The van der Waals surface area contributed by atoms with Gasteiger partial charge in [-0.25, -0.2) is 4.79 Å². The molecule has 0 radical (unpaired) electrons. The van der Waals surface area contributed by atoms with E-state index in [0.717, 1.165) is 31.7 Å². The second-order valence-corrected chi connectivity index (χ2v) is 6.49. The maximum absolute atomic E-state index is 12.5. The lowest BCUT2D eigenvalue weighted by Crippen LogP contribution is -2.61. The summed E-state index contributed by atoms with van der Waals surface area (Å²) in [6, 6.07) is 16.5. The molecule has 2 aromatic rings. The van der Waals surface area contributed by atoms with Crippen molar-refractivity contribution in [3.63, 3.8) is 0 Å². The Morgan fingerprint density at radius 1 is 1.16 bits per heavy atom. The first-order valence-electron chi connectivity index (χ1n) is 8.88. The Kier molecular flexibility index (Phi) is 4.22. The number of nitrogens with one attached hydrogen (secondary N) is 1. The molecular formula is C20H23N3O2. The van der Waals surface area contributed by atoms with Crippen molar-refractivity contribution in [3.8, 4) is 5.75 Å². The first-order valence-corrected chi connectivity index (χ1v) is 8.88. The minimum Gasteiger partial charge on any atom is -0.492 e. The van der Waals surface area contributed by atoms with Crippen molar-refractivity contribution >= 4 is 17.4 Å². The summed E-state index contributed by atoms with van der Waals surface area (Å²) in [7, 11) is 0. The second kappa shape index (κ2) is 6.67. The van der Waals surface area contributed by atoms with Crippen LogP contribution in [0.2, 0.25) is 0 Å². The summed E-state index contributed by atoms with van der Waals surface area (Å²) >= 11 is 0. The molecule has 2 heterocycles. The molecule has 0 atom stereocenters. The molecule has 25 heavy (non-hydrogen) atoms. The number of benzene rings is 2. The summed E-state index contributed by atoms with van der Waals surface area (Å²) < 4.78 is 5.57. The van der Waals surface area contributed by atoms with E-state index in [-0.39, 0.29) is 6.03 Å². The van der Waals surface area contributed by atoms with Gasteiger partial charge in [0.05, 0.1) is 18.3 Å². The van der Waals surface area contributed by atoms with Crippen molar-refractivity contribution in [1.29, 1.82) is 0 Å². The topological polar surface area (TPSA) is 44.8 Å². The maximum Gasteiger partial charge on any atom is 0.322 e. The number of hydrogen-bond donors (Lipinski definition) is 1. The van der Waals surface area contributed by atoms with Crippen LogP contribution >= 0.6 is 0 Å². The Bertz CT molecular complexity index is 771. The molecule has 1 saturated heterocycles. The zero-order valence-electron chi connectivity index (χ0n) is 14.4. The van der Waals surface area contributed by atoms with Gasteiger partial charge in [0.2, 0.25) is 0 Å². The predicted octanol–water partition coefficient (Wildman–Crippen LogP) is 3.36. The van der Waals surface area contributed by atoms with E-state index in [9.17, 15) is 4.79 Å². The molecule has 0 aromatic heterocycles. The van der Waals surface area contributed by atoms with Crippen molar-refractivity contribution in [3.05, 3.63) is 54.1 Å². The number of para-hydroxylation sites is 3. The molecule has 2 aliphatic rings. The number of ether oxygens (including phenoxy) is 1. The molecule has 0 saturated carbocycles. The summed E-state index contributed by atoms with van der Waals surface area (Å²) in [4.78, 5) is 16.8. The van der Waals surface area contributed by atoms with Crippen LogP contribution in [0.1, 0.15) is 12.5 Å². The number of fused-ring (bicyclic) bond motifs is 1. The van der Waals surface area contributed by atoms with Gasteiger partial charge in [-0.2, -0.15) is 0 Å². The highest BCUT2D eigenvalue weighted by molar-refractivity contribution is 5.91. The fourth-order valence-corrected chi connectivity index (χ4v) is 3.61. The van der Waals surface area contributed by atoms with E-state index in [0.29, 0.717) is 18.4 Å². The molecule has 1 N–H and O–H groups in total. The molecule has 2 aromatic carbocycles. The number of likely N-dealkylation sites (tertiary alicyclic amines) is 1. The average Bonchev–Trinajstić information content (AvgIpc) is 3.00. The van der Waals surface area contributed by atoms with Crippen LogP contribution in [0.5, 0.6) is 5.75 Å². The molecule has 130 valence electrons. The van der Waals surface area contributed by atoms with Gasteiger partial charge in [-0.1, -0.05) is 30.3 Å². The molecule has 2 aliphatic heterocycles. The molecule has 1 fully saturated rings. The van der Waals surface area contributed by atoms with Crippen LogP contribution < -0.4 is 15.0 Å². The zero-order chi connectivity index (χ0) is 17.2. The van der Waals surface area contributed by atoms with E-state index >= 15 is 0 Å². The molecule has 0 spiro atoms. The Hall–Kier alpha value is -2.69. The van der Waals surface area contributed by atoms with Crippen LogP contribution in [0.15, 0.2) is 48.5 Å². The highest BCUT2D eigenvalue weighted by Gasteiger charge is 2.37. The van der Waals surface area contributed by atoms with Gasteiger partial charge in [0, 0.05) is 25.3 Å². The van der Waals surface area contributed by atoms with Crippen molar-refractivity contribution in [2.75, 3.05) is 36.5 Å². The van der Waals surface area contributed by atoms with Gasteiger partial charge in [-0.3, -0.25) is 0 Å². The highest BCUT2D eigenvalue weighted by Crippen LogP contribution is 2.32.